The molecule has 10 heteroatoms. The van der Waals surface area contributed by atoms with Crippen molar-refractivity contribution in [3.8, 4) is 0 Å². The summed E-state index contributed by atoms with van der Waals surface area (Å²) in [6.07, 6.45) is -3.38. The van der Waals surface area contributed by atoms with Crippen LogP contribution in [-0.2, 0) is 11.8 Å². The molecule has 0 radical (unpaired) electrons. The van der Waals surface area contributed by atoms with E-state index < -0.39 is 12.2 Å². The predicted molar refractivity (Wildman–Crippen MR) is 120 cm³/mol. The Labute approximate surface area is 186 Å². The maximum absolute atomic E-state index is 12.9. The first-order valence-electron chi connectivity index (χ1n) is 9.23. The molecule has 2 heterocycles. The van der Waals surface area contributed by atoms with Crippen molar-refractivity contribution in [1.82, 2.24) is 20.1 Å². The molecule has 0 aromatic carbocycles. The molecule has 162 valence electrons. The number of guanidine groups is 1. The van der Waals surface area contributed by atoms with Crippen LogP contribution in [-0.4, -0.2) is 72.7 Å². The number of nitrogens with zero attached hydrogens (tertiary/aromatic N) is 4. The van der Waals surface area contributed by atoms with E-state index in [0.29, 0.717) is 32.7 Å². The lowest BCUT2D eigenvalue weighted by Crippen LogP contribution is -2.56. The fourth-order valence-corrected chi connectivity index (χ4v) is 3.94. The molecule has 1 aliphatic heterocycles. The Morgan fingerprint density at radius 2 is 1.86 bits per heavy atom. The molecule has 1 N–H and O–H groups in total. The van der Waals surface area contributed by atoms with E-state index >= 15 is 0 Å². The lowest BCUT2D eigenvalue weighted by Gasteiger charge is -2.39. The van der Waals surface area contributed by atoms with Gasteiger partial charge in [-0.25, -0.2) is 4.98 Å². The van der Waals surface area contributed by atoms with Gasteiger partial charge >= 0.3 is 6.18 Å². The largest absolute Gasteiger partial charge is 0.403 e. The highest BCUT2D eigenvalue weighted by Gasteiger charge is 2.41. The number of alkyl halides is 3. The summed E-state index contributed by atoms with van der Waals surface area (Å²) < 4.78 is 38.6. The highest BCUT2D eigenvalue weighted by molar-refractivity contribution is 14.0. The molecule has 1 aromatic rings. The fourth-order valence-electron chi connectivity index (χ4n) is 2.91. The Balaban J connectivity index is 0.00000392. The standard InChI is InChI=1S/C18H30F3N5S.HI/c1-13(18(19,20)21)25-8-10-26(11-9-25)16(22-5)23-7-6-15-24-14(12-27-15)17(2,3)4;/h12-13H,6-11H2,1-5H3,(H,22,23);1H. The molecular weight excluding hydrogens is 502 g/mol. The molecule has 0 amide bonds. The molecule has 1 saturated heterocycles. The summed E-state index contributed by atoms with van der Waals surface area (Å²) in [5.74, 6) is 0.738. The lowest BCUT2D eigenvalue weighted by atomic mass is 9.93. The first-order chi connectivity index (χ1) is 12.5. The highest BCUT2D eigenvalue weighted by Crippen LogP contribution is 2.25. The number of rotatable bonds is 4. The number of nitrogens with one attached hydrogen (secondary N) is 1. The molecule has 1 atom stereocenters. The zero-order valence-electron chi connectivity index (χ0n) is 17.1. The summed E-state index contributed by atoms with van der Waals surface area (Å²) >= 11 is 1.66. The monoisotopic (exact) mass is 533 g/mol. The van der Waals surface area contributed by atoms with E-state index in [2.05, 4.69) is 41.4 Å². The van der Waals surface area contributed by atoms with Gasteiger partial charge in [0.1, 0.15) is 6.04 Å². The molecule has 0 bridgehead atoms. The summed E-state index contributed by atoms with van der Waals surface area (Å²) in [5, 5.41) is 6.49. The predicted octanol–water partition coefficient (Wildman–Crippen LogP) is 3.74. The van der Waals surface area contributed by atoms with Gasteiger partial charge < -0.3 is 10.2 Å². The van der Waals surface area contributed by atoms with Crippen molar-refractivity contribution in [1.29, 1.82) is 0 Å². The third-order valence-electron chi connectivity index (χ3n) is 4.79. The van der Waals surface area contributed by atoms with Crippen LogP contribution in [0.2, 0.25) is 0 Å². The quantitative estimate of drug-likeness (QED) is 0.364. The highest BCUT2D eigenvalue weighted by atomic mass is 127. The maximum atomic E-state index is 12.9. The van der Waals surface area contributed by atoms with Gasteiger partial charge in [-0.3, -0.25) is 9.89 Å². The van der Waals surface area contributed by atoms with E-state index in [1.54, 1.807) is 18.4 Å². The Kier molecular flexibility index (Phi) is 9.46. The smallest absolute Gasteiger partial charge is 0.356 e. The van der Waals surface area contributed by atoms with E-state index in [0.717, 1.165) is 23.1 Å². The molecule has 0 spiro atoms. The van der Waals surface area contributed by atoms with Crippen LogP contribution in [0, 0.1) is 0 Å². The van der Waals surface area contributed by atoms with Gasteiger partial charge in [-0.15, -0.1) is 35.3 Å². The average molecular weight is 533 g/mol. The maximum Gasteiger partial charge on any atom is 0.403 e. The van der Waals surface area contributed by atoms with Crippen LogP contribution in [0.3, 0.4) is 0 Å². The van der Waals surface area contributed by atoms with Gasteiger partial charge in [0.15, 0.2) is 5.96 Å². The second-order valence-electron chi connectivity index (χ2n) is 7.84. The SMILES string of the molecule is CN=C(NCCc1nc(C(C)(C)C)cs1)N1CCN(C(C)C(F)(F)F)CC1.I. The summed E-state index contributed by atoms with van der Waals surface area (Å²) in [6.45, 7) is 10.2. The molecule has 28 heavy (non-hydrogen) atoms. The molecular formula is C18H31F3IN5S. The van der Waals surface area contributed by atoms with Crippen LogP contribution in [0.25, 0.3) is 0 Å². The van der Waals surface area contributed by atoms with Crippen molar-refractivity contribution in [2.75, 3.05) is 39.8 Å². The second-order valence-corrected chi connectivity index (χ2v) is 8.78. The number of aromatic nitrogens is 1. The molecule has 1 aliphatic rings. The summed E-state index contributed by atoms with van der Waals surface area (Å²) in [4.78, 5) is 12.5. The van der Waals surface area contributed by atoms with Crippen molar-refractivity contribution in [3.05, 3.63) is 16.1 Å². The molecule has 1 aromatic heterocycles. The van der Waals surface area contributed by atoms with Crippen LogP contribution in [0.1, 0.15) is 38.4 Å². The van der Waals surface area contributed by atoms with E-state index in [1.807, 2.05) is 4.90 Å². The molecule has 1 unspecified atom stereocenters. The van der Waals surface area contributed by atoms with E-state index in [4.69, 9.17) is 0 Å². The van der Waals surface area contributed by atoms with Gasteiger partial charge in [0, 0.05) is 57.0 Å². The van der Waals surface area contributed by atoms with E-state index in [1.165, 1.54) is 11.8 Å². The summed E-state index contributed by atoms with van der Waals surface area (Å²) in [6, 6.07) is -1.41. The minimum Gasteiger partial charge on any atom is -0.356 e. The Bertz CT molecular complexity index is 634. The Morgan fingerprint density at radius 3 is 2.32 bits per heavy atom. The fraction of sp³-hybridized carbons (Fsp3) is 0.778. The number of aliphatic imine (C=N–C) groups is 1. The van der Waals surface area contributed by atoms with Crippen molar-refractivity contribution in [3.63, 3.8) is 0 Å². The topological polar surface area (TPSA) is 43.8 Å². The zero-order valence-corrected chi connectivity index (χ0v) is 20.3. The van der Waals surface area contributed by atoms with Gasteiger partial charge in [-0.05, 0) is 6.92 Å². The van der Waals surface area contributed by atoms with Crippen LogP contribution >= 0.6 is 35.3 Å². The van der Waals surface area contributed by atoms with Gasteiger partial charge in [0.05, 0.1) is 10.7 Å². The minimum absolute atomic E-state index is 0. The summed E-state index contributed by atoms with van der Waals surface area (Å²) in [5.41, 5.74) is 1.15. The van der Waals surface area contributed by atoms with Crippen LogP contribution in [0.4, 0.5) is 13.2 Å². The third-order valence-corrected chi connectivity index (χ3v) is 5.70. The van der Waals surface area contributed by atoms with Crippen LogP contribution in [0.15, 0.2) is 10.4 Å². The third kappa shape index (κ3) is 7.01. The van der Waals surface area contributed by atoms with Gasteiger partial charge in [-0.1, -0.05) is 20.8 Å². The molecule has 2 rings (SSSR count). The first kappa shape index (κ1) is 25.4. The van der Waals surface area contributed by atoms with Crippen molar-refractivity contribution >= 4 is 41.3 Å². The zero-order chi connectivity index (χ0) is 20.2. The van der Waals surface area contributed by atoms with E-state index in [-0.39, 0.29) is 29.4 Å². The number of hydrogen-bond donors (Lipinski definition) is 1. The van der Waals surface area contributed by atoms with E-state index in [9.17, 15) is 13.2 Å². The Hall–Kier alpha value is -0.620. The number of piperazine rings is 1. The van der Waals surface area contributed by atoms with Crippen molar-refractivity contribution < 1.29 is 13.2 Å². The second kappa shape index (κ2) is 10.4. The first-order valence-corrected chi connectivity index (χ1v) is 10.1. The Morgan fingerprint density at radius 1 is 1.25 bits per heavy atom. The van der Waals surface area contributed by atoms with Gasteiger partial charge in [0.2, 0.25) is 0 Å². The average Bonchev–Trinajstić information content (AvgIpc) is 3.07. The van der Waals surface area contributed by atoms with Gasteiger partial charge in [0.25, 0.3) is 0 Å². The van der Waals surface area contributed by atoms with Crippen LogP contribution < -0.4 is 5.32 Å². The number of hydrogen-bond acceptors (Lipinski definition) is 4. The van der Waals surface area contributed by atoms with Crippen molar-refractivity contribution in [2.45, 2.75) is 51.7 Å². The number of thiazole rings is 1. The van der Waals surface area contributed by atoms with Gasteiger partial charge in [-0.2, -0.15) is 13.2 Å². The lowest BCUT2D eigenvalue weighted by molar-refractivity contribution is -0.181. The minimum atomic E-state index is -4.18. The molecule has 0 aliphatic carbocycles. The summed E-state index contributed by atoms with van der Waals surface area (Å²) in [7, 11) is 1.70. The number of halogens is 4. The molecule has 5 nitrogen and oxygen atoms in total. The normalized spacial score (nSPS) is 18.0. The molecule has 0 saturated carbocycles. The van der Waals surface area contributed by atoms with Crippen molar-refractivity contribution in [2.24, 2.45) is 4.99 Å². The molecule has 1 fully saturated rings. The van der Waals surface area contributed by atoms with Crippen LogP contribution in [0.5, 0.6) is 0 Å².